The van der Waals surface area contributed by atoms with Crippen LogP contribution in [0.1, 0.15) is 45.4 Å². The van der Waals surface area contributed by atoms with Crippen LogP contribution < -0.4 is 5.32 Å². The van der Waals surface area contributed by atoms with Crippen molar-refractivity contribution < 1.29 is 19.4 Å². The van der Waals surface area contributed by atoms with Gasteiger partial charge in [-0.15, -0.1) is 0 Å². The molecule has 1 aliphatic carbocycles. The molecule has 6 nitrogen and oxygen atoms in total. The first kappa shape index (κ1) is 17.1. The van der Waals surface area contributed by atoms with Gasteiger partial charge in [0.15, 0.2) is 0 Å². The average Bonchev–Trinajstić information content (AvgIpc) is 2.94. The minimum atomic E-state index is -0.952. The highest BCUT2D eigenvalue weighted by atomic mass is 16.5. The van der Waals surface area contributed by atoms with E-state index in [2.05, 4.69) is 12.2 Å². The number of amides is 2. The molecule has 2 aliphatic rings. The maximum atomic E-state index is 12.4. The van der Waals surface area contributed by atoms with Gasteiger partial charge in [-0.2, -0.15) is 0 Å². The minimum Gasteiger partial charge on any atom is -0.481 e. The summed E-state index contributed by atoms with van der Waals surface area (Å²) in [5.74, 6) is -0.0885. The van der Waals surface area contributed by atoms with Crippen LogP contribution in [0, 0.1) is 11.3 Å². The zero-order chi connectivity index (χ0) is 16.2. The number of nitrogens with one attached hydrogen (secondary N) is 1. The van der Waals surface area contributed by atoms with Gasteiger partial charge >= 0.3 is 12.0 Å². The Morgan fingerprint density at radius 2 is 2.00 bits per heavy atom. The zero-order valence-corrected chi connectivity index (χ0v) is 13.6. The molecule has 126 valence electrons. The van der Waals surface area contributed by atoms with E-state index in [4.69, 9.17) is 4.74 Å². The molecule has 0 aromatic carbocycles. The van der Waals surface area contributed by atoms with E-state index >= 15 is 0 Å². The number of rotatable bonds is 5. The Labute approximate surface area is 132 Å². The Morgan fingerprint density at radius 3 is 2.55 bits per heavy atom. The van der Waals surface area contributed by atoms with Gasteiger partial charge < -0.3 is 20.1 Å². The van der Waals surface area contributed by atoms with Crippen molar-refractivity contribution in [2.45, 2.75) is 51.5 Å². The molecule has 0 spiro atoms. The van der Waals surface area contributed by atoms with E-state index < -0.39 is 11.4 Å². The number of urea groups is 1. The van der Waals surface area contributed by atoms with Crippen LogP contribution in [0.5, 0.6) is 0 Å². The molecule has 2 N–H and O–H groups in total. The number of hydrogen-bond donors (Lipinski definition) is 2. The fraction of sp³-hybridized carbons (Fsp3) is 0.875. The molecule has 22 heavy (non-hydrogen) atoms. The summed E-state index contributed by atoms with van der Waals surface area (Å²) in [6.07, 6.45) is 6.06. The third-order valence-electron chi connectivity index (χ3n) is 5.27. The van der Waals surface area contributed by atoms with Crippen molar-refractivity contribution in [1.82, 2.24) is 10.2 Å². The summed E-state index contributed by atoms with van der Waals surface area (Å²) in [5.41, 5.74) is -0.952. The van der Waals surface area contributed by atoms with Crippen LogP contribution in [0.4, 0.5) is 4.79 Å². The average molecular weight is 312 g/mol. The second-order valence-corrected chi connectivity index (χ2v) is 6.77. The number of methoxy groups -OCH3 is 1. The molecule has 2 rings (SSSR count). The second kappa shape index (κ2) is 7.31. The Kier molecular flexibility index (Phi) is 5.67. The van der Waals surface area contributed by atoms with Gasteiger partial charge in [0.25, 0.3) is 0 Å². The Hall–Kier alpha value is -1.30. The summed E-state index contributed by atoms with van der Waals surface area (Å²) in [6, 6.07) is 0.108. The van der Waals surface area contributed by atoms with Gasteiger partial charge in [-0.05, 0) is 38.0 Å². The lowest BCUT2D eigenvalue weighted by molar-refractivity contribution is -0.151. The molecule has 1 saturated carbocycles. The van der Waals surface area contributed by atoms with Crippen LogP contribution in [0.2, 0.25) is 0 Å². The topological polar surface area (TPSA) is 78.9 Å². The summed E-state index contributed by atoms with van der Waals surface area (Å²) < 4.78 is 5.05. The summed E-state index contributed by atoms with van der Waals surface area (Å²) in [4.78, 5) is 25.5. The largest absolute Gasteiger partial charge is 0.481 e. The van der Waals surface area contributed by atoms with E-state index in [1.807, 2.05) is 0 Å². The highest BCUT2D eigenvalue weighted by molar-refractivity contribution is 5.80. The molecule has 2 fully saturated rings. The fourth-order valence-corrected chi connectivity index (χ4v) is 3.66. The zero-order valence-electron chi connectivity index (χ0n) is 13.6. The van der Waals surface area contributed by atoms with E-state index in [0.29, 0.717) is 13.0 Å². The number of carboxylic acid groups (broad SMARTS) is 1. The highest BCUT2D eigenvalue weighted by Crippen LogP contribution is 2.32. The SMILES string of the molecule is CCC1CCC(NC(=O)N2CCC(COC)(C(=O)O)C2)CC1. The first-order valence-electron chi connectivity index (χ1n) is 8.28. The molecular weight excluding hydrogens is 284 g/mol. The van der Waals surface area contributed by atoms with Crippen molar-refractivity contribution in [1.29, 1.82) is 0 Å². The predicted octanol–water partition coefficient (Wildman–Crippen LogP) is 2.09. The van der Waals surface area contributed by atoms with E-state index in [0.717, 1.165) is 18.8 Å². The second-order valence-electron chi connectivity index (χ2n) is 6.77. The first-order chi connectivity index (χ1) is 10.5. The van der Waals surface area contributed by atoms with Crippen LogP contribution in [-0.4, -0.2) is 54.9 Å². The van der Waals surface area contributed by atoms with Crippen LogP contribution in [0.15, 0.2) is 0 Å². The summed E-state index contributed by atoms with van der Waals surface area (Å²) >= 11 is 0. The summed E-state index contributed by atoms with van der Waals surface area (Å²) in [6.45, 7) is 3.07. The van der Waals surface area contributed by atoms with E-state index in [1.165, 1.54) is 26.4 Å². The molecule has 1 atom stereocenters. The molecule has 1 unspecified atom stereocenters. The van der Waals surface area contributed by atoms with Gasteiger partial charge in [0.05, 0.1) is 6.61 Å². The van der Waals surface area contributed by atoms with Gasteiger partial charge in [-0.3, -0.25) is 4.79 Å². The lowest BCUT2D eigenvalue weighted by atomic mass is 9.84. The minimum absolute atomic E-state index is 0.126. The number of hydrogen-bond acceptors (Lipinski definition) is 3. The van der Waals surface area contributed by atoms with Gasteiger partial charge in [-0.25, -0.2) is 4.79 Å². The molecule has 0 aromatic heterocycles. The number of carbonyl (C=O) groups excluding carboxylic acids is 1. The highest BCUT2D eigenvalue weighted by Gasteiger charge is 2.46. The molecular formula is C16H28N2O4. The number of ether oxygens (including phenoxy) is 1. The smallest absolute Gasteiger partial charge is 0.317 e. The van der Waals surface area contributed by atoms with Gasteiger partial charge in [0.1, 0.15) is 5.41 Å². The van der Waals surface area contributed by atoms with Crippen LogP contribution in [0.25, 0.3) is 0 Å². The lowest BCUT2D eigenvalue weighted by Gasteiger charge is -2.30. The number of likely N-dealkylation sites (tertiary alicyclic amines) is 1. The first-order valence-corrected chi connectivity index (χ1v) is 8.28. The van der Waals surface area contributed by atoms with E-state index in [9.17, 15) is 14.7 Å². The molecule has 2 amide bonds. The lowest BCUT2D eigenvalue weighted by Crippen LogP contribution is -2.47. The van der Waals surface area contributed by atoms with Crippen molar-refractivity contribution in [3.05, 3.63) is 0 Å². The number of carbonyl (C=O) groups is 2. The molecule has 6 heteroatoms. The third-order valence-corrected chi connectivity index (χ3v) is 5.27. The molecule has 1 aliphatic heterocycles. The van der Waals surface area contributed by atoms with Crippen LogP contribution in [-0.2, 0) is 9.53 Å². The summed E-state index contributed by atoms with van der Waals surface area (Å²) in [7, 11) is 1.50. The molecule has 0 aromatic rings. The van der Waals surface area contributed by atoms with Crippen LogP contribution >= 0.6 is 0 Å². The number of carboxylic acids is 1. The van der Waals surface area contributed by atoms with Crippen molar-refractivity contribution >= 4 is 12.0 Å². The standard InChI is InChI=1S/C16H28N2O4/c1-3-12-4-6-13(7-5-12)17-15(21)18-9-8-16(10-18,11-22-2)14(19)20/h12-13H,3-11H2,1-2H3,(H,17,21)(H,19,20). The predicted molar refractivity (Wildman–Crippen MR) is 82.7 cm³/mol. The van der Waals surface area contributed by atoms with Crippen molar-refractivity contribution in [3.63, 3.8) is 0 Å². The molecule has 0 radical (unpaired) electrons. The van der Waals surface area contributed by atoms with Crippen LogP contribution in [0.3, 0.4) is 0 Å². The monoisotopic (exact) mass is 312 g/mol. The Bertz CT molecular complexity index is 407. The van der Waals surface area contributed by atoms with E-state index in [-0.39, 0.29) is 25.2 Å². The maximum Gasteiger partial charge on any atom is 0.317 e. The Balaban J connectivity index is 1.85. The molecule has 0 bridgehead atoms. The van der Waals surface area contributed by atoms with Crippen molar-refractivity contribution in [3.8, 4) is 0 Å². The van der Waals surface area contributed by atoms with Gasteiger partial charge in [0, 0.05) is 26.2 Å². The molecule has 1 saturated heterocycles. The maximum absolute atomic E-state index is 12.4. The summed E-state index contributed by atoms with van der Waals surface area (Å²) in [5, 5.41) is 12.5. The quantitative estimate of drug-likeness (QED) is 0.815. The van der Waals surface area contributed by atoms with E-state index in [1.54, 1.807) is 4.90 Å². The van der Waals surface area contributed by atoms with Crippen molar-refractivity contribution in [2.75, 3.05) is 26.8 Å². The van der Waals surface area contributed by atoms with Gasteiger partial charge in [-0.1, -0.05) is 13.3 Å². The van der Waals surface area contributed by atoms with Gasteiger partial charge in [0.2, 0.25) is 0 Å². The third kappa shape index (κ3) is 3.72. The van der Waals surface area contributed by atoms with Crippen molar-refractivity contribution in [2.24, 2.45) is 11.3 Å². The fourth-order valence-electron chi connectivity index (χ4n) is 3.66. The Morgan fingerprint density at radius 1 is 1.32 bits per heavy atom. The number of nitrogens with zero attached hydrogens (tertiary/aromatic N) is 1. The normalized spacial score (nSPS) is 32.0. The number of aliphatic carboxylic acids is 1. The molecule has 1 heterocycles.